The fourth-order valence-electron chi connectivity index (χ4n) is 2.50. The van der Waals surface area contributed by atoms with E-state index in [4.69, 9.17) is 5.11 Å². The van der Waals surface area contributed by atoms with E-state index in [2.05, 4.69) is 10.6 Å². The van der Waals surface area contributed by atoms with Crippen LogP contribution in [0, 0.1) is 5.92 Å². The van der Waals surface area contributed by atoms with Gasteiger partial charge in [0, 0.05) is 6.04 Å². The van der Waals surface area contributed by atoms with Crippen molar-refractivity contribution >= 4 is 12.0 Å². The lowest BCUT2D eigenvalue weighted by atomic mass is 10.0. The quantitative estimate of drug-likeness (QED) is 0.722. The molecule has 5 nitrogen and oxygen atoms in total. The van der Waals surface area contributed by atoms with Crippen molar-refractivity contribution in [2.45, 2.75) is 44.7 Å². The molecule has 2 atom stereocenters. The summed E-state index contributed by atoms with van der Waals surface area (Å²) in [5.41, 5.74) is 1.05. The van der Waals surface area contributed by atoms with Crippen molar-refractivity contribution in [1.82, 2.24) is 10.6 Å². The Hall–Kier alpha value is -2.04. The minimum absolute atomic E-state index is 0.0137. The first-order valence-electron chi connectivity index (χ1n) is 7.44. The Morgan fingerprint density at radius 3 is 2.43 bits per heavy atom. The third kappa shape index (κ3) is 4.77. The molecule has 114 valence electrons. The van der Waals surface area contributed by atoms with E-state index in [9.17, 15) is 9.59 Å². The van der Waals surface area contributed by atoms with Gasteiger partial charge in [-0.25, -0.2) is 4.79 Å². The summed E-state index contributed by atoms with van der Waals surface area (Å²) >= 11 is 0. The van der Waals surface area contributed by atoms with Crippen molar-refractivity contribution in [3.05, 3.63) is 35.9 Å². The molecule has 5 heteroatoms. The van der Waals surface area contributed by atoms with Crippen molar-refractivity contribution in [3.63, 3.8) is 0 Å². The molecule has 0 bridgehead atoms. The van der Waals surface area contributed by atoms with Gasteiger partial charge in [-0.1, -0.05) is 37.3 Å². The van der Waals surface area contributed by atoms with Crippen LogP contribution in [0.25, 0.3) is 0 Å². The monoisotopic (exact) mass is 290 g/mol. The zero-order valence-electron chi connectivity index (χ0n) is 12.2. The summed E-state index contributed by atoms with van der Waals surface area (Å²) in [4.78, 5) is 22.9. The molecule has 0 heterocycles. The molecule has 0 spiro atoms. The maximum absolute atomic E-state index is 12.1. The smallest absolute Gasteiger partial charge is 0.315 e. The Balaban J connectivity index is 1.91. The van der Waals surface area contributed by atoms with Crippen LogP contribution >= 0.6 is 0 Å². The van der Waals surface area contributed by atoms with Crippen LogP contribution in [0.2, 0.25) is 0 Å². The number of carbonyl (C=O) groups is 2. The number of rotatable bonds is 7. The predicted molar refractivity (Wildman–Crippen MR) is 79.9 cm³/mol. The minimum atomic E-state index is -0.873. The number of nitrogens with one attached hydrogen (secondary N) is 2. The molecule has 0 saturated heterocycles. The highest BCUT2D eigenvalue weighted by Gasteiger charge is 2.33. The fraction of sp³-hybridized carbons (Fsp3) is 0.500. The third-order valence-corrected chi connectivity index (χ3v) is 3.82. The highest BCUT2D eigenvalue weighted by Crippen LogP contribution is 2.34. The van der Waals surface area contributed by atoms with Crippen LogP contribution in [-0.4, -0.2) is 23.1 Å². The van der Waals surface area contributed by atoms with Crippen molar-refractivity contribution in [2.75, 3.05) is 0 Å². The zero-order chi connectivity index (χ0) is 15.2. The highest BCUT2D eigenvalue weighted by atomic mass is 16.4. The molecule has 21 heavy (non-hydrogen) atoms. The molecule has 2 unspecified atom stereocenters. The Morgan fingerprint density at radius 2 is 1.90 bits per heavy atom. The third-order valence-electron chi connectivity index (χ3n) is 3.82. The Bertz CT molecular complexity index is 486. The molecule has 0 radical (unpaired) electrons. The molecule has 0 aromatic heterocycles. The first-order valence-corrected chi connectivity index (χ1v) is 7.44. The average molecular weight is 290 g/mol. The van der Waals surface area contributed by atoms with Gasteiger partial charge < -0.3 is 15.7 Å². The topological polar surface area (TPSA) is 78.4 Å². The van der Waals surface area contributed by atoms with Crippen molar-refractivity contribution in [2.24, 2.45) is 5.92 Å². The number of carbonyl (C=O) groups excluding carboxylic acids is 1. The molecule has 1 aliphatic carbocycles. The summed E-state index contributed by atoms with van der Waals surface area (Å²) in [7, 11) is 0. The Kier molecular flexibility index (Phi) is 5.20. The summed E-state index contributed by atoms with van der Waals surface area (Å²) in [6.45, 7) is 2.01. The molecule has 2 rings (SSSR count). The SMILES string of the molecule is CCC(NC(=O)NC(CC(=O)O)C1CC1)c1ccccc1. The van der Waals surface area contributed by atoms with Gasteiger partial charge in [-0.2, -0.15) is 0 Å². The second-order valence-corrected chi connectivity index (χ2v) is 5.53. The lowest BCUT2D eigenvalue weighted by molar-refractivity contribution is -0.137. The van der Waals surface area contributed by atoms with Crippen LogP contribution in [0.4, 0.5) is 4.79 Å². The van der Waals surface area contributed by atoms with Crippen molar-refractivity contribution in [1.29, 1.82) is 0 Å². The lowest BCUT2D eigenvalue weighted by Gasteiger charge is -2.21. The number of carboxylic acid groups (broad SMARTS) is 1. The van der Waals surface area contributed by atoms with Gasteiger partial charge >= 0.3 is 12.0 Å². The summed E-state index contributed by atoms with van der Waals surface area (Å²) in [6, 6.07) is 9.15. The van der Waals surface area contributed by atoms with Gasteiger partial charge in [0.05, 0.1) is 12.5 Å². The molecular formula is C16H22N2O3. The lowest BCUT2D eigenvalue weighted by Crippen LogP contribution is -2.45. The number of urea groups is 1. The number of carboxylic acids is 1. The first kappa shape index (κ1) is 15.4. The maximum Gasteiger partial charge on any atom is 0.315 e. The van der Waals surface area contributed by atoms with Gasteiger partial charge in [-0.15, -0.1) is 0 Å². The van der Waals surface area contributed by atoms with Crippen molar-refractivity contribution in [3.8, 4) is 0 Å². The zero-order valence-corrected chi connectivity index (χ0v) is 12.2. The summed E-state index contributed by atoms with van der Waals surface area (Å²) in [5, 5.41) is 14.6. The molecule has 3 N–H and O–H groups in total. The summed E-state index contributed by atoms with van der Waals surface area (Å²) in [5.74, 6) is -0.564. The predicted octanol–water partition coefficient (Wildman–Crippen LogP) is 2.69. The Labute approximate surface area is 124 Å². The van der Waals surface area contributed by atoms with Gasteiger partial charge in [-0.05, 0) is 30.7 Å². The number of aliphatic carboxylic acids is 1. The number of amides is 2. The molecule has 1 aromatic rings. The standard InChI is InChI=1S/C16H22N2O3/c1-2-13(11-6-4-3-5-7-11)17-16(21)18-14(10-15(19)20)12-8-9-12/h3-7,12-14H,2,8-10H2,1H3,(H,19,20)(H2,17,18,21). The first-order chi connectivity index (χ1) is 10.1. The van der Waals surface area contributed by atoms with Crippen LogP contribution in [0.5, 0.6) is 0 Å². The van der Waals surface area contributed by atoms with Gasteiger partial charge in [0.25, 0.3) is 0 Å². The van der Waals surface area contributed by atoms with Gasteiger partial charge in [0.2, 0.25) is 0 Å². The van der Waals surface area contributed by atoms with E-state index in [0.29, 0.717) is 5.92 Å². The average Bonchev–Trinajstić information content (AvgIpc) is 3.29. The Morgan fingerprint density at radius 1 is 1.24 bits per heavy atom. The summed E-state index contributed by atoms with van der Waals surface area (Å²) < 4.78 is 0. The fourth-order valence-corrected chi connectivity index (χ4v) is 2.50. The van der Waals surface area contributed by atoms with Crippen LogP contribution in [0.15, 0.2) is 30.3 Å². The molecule has 1 saturated carbocycles. The summed E-state index contributed by atoms with van der Waals surface area (Å²) in [6.07, 6.45) is 2.76. The van der Waals surface area contributed by atoms with Gasteiger partial charge in [0.1, 0.15) is 0 Å². The largest absolute Gasteiger partial charge is 0.481 e. The van der Waals surface area contributed by atoms with Crippen LogP contribution in [-0.2, 0) is 4.79 Å². The molecule has 2 amide bonds. The minimum Gasteiger partial charge on any atom is -0.481 e. The van der Waals surface area contributed by atoms with E-state index in [1.165, 1.54) is 0 Å². The van der Waals surface area contributed by atoms with E-state index in [0.717, 1.165) is 24.8 Å². The van der Waals surface area contributed by atoms with Gasteiger partial charge in [-0.3, -0.25) is 4.79 Å². The van der Waals surface area contributed by atoms with Crippen LogP contribution in [0.3, 0.4) is 0 Å². The van der Waals surface area contributed by atoms with Crippen LogP contribution in [0.1, 0.15) is 44.2 Å². The second-order valence-electron chi connectivity index (χ2n) is 5.53. The van der Waals surface area contributed by atoms with Crippen molar-refractivity contribution < 1.29 is 14.7 Å². The molecule has 1 aliphatic rings. The van der Waals surface area contributed by atoms with E-state index < -0.39 is 5.97 Å². The van der Waals surface area contributed by atoms with E-state index >= 15 is 0 Å². The number of hydrogen-bond donors (Lipinski definition) is 3. The molecule has 0 aliphatic heterocycles. The second kappa shape index (κ2) is 7.11. The number of benzene rings is 1. The van der Waals surface area contributed by atoms with E-state index in [1.54, 1.807) is 0 Å². The highest BCUT2D eigenvalue weighted by molar-refractivity contribution is 5.76. The maximum atomic E-state index is 12.1. The van der Waals surface area contributed by atoms with E-state index in [1.807, 2.05) is 37.3 Å². The van der Waals surface area contributed by atoms with E-state index in [-0.39, 0.29) is 24.5 Å². The molecule has 1 aromatic carbocycles. The molecule has 1 fully saturated rings. The number of hydrogen-bond acceptors (Lipinski definition) is 2. The normalized spacial score (nSPS) is 16.8. The van der Waals surface area contributed by atoms with Crippen LogP contribution < -0.4 is 10.6 Å². The van der Waals surface area contributed by atoms with Gasteiger partial charge in [0.15, 0.2) is 0 Å². The molecular weight excluding hydrogens is 268 g/mol.